The van der Waals surface area contributed by atoms with Gasteiger partial charge in [-0.1, -0.05) is 13.8 Å². The molecule has 6 heteroatoms. The molecule has 0 saturated heterocycles. The van der Waals surface area contributed by atoms with Gasteiger partial charge in [0.2, 0.25) is 5.91 Å². The highest BCUT2D eigenvalue weighted by Crippen LogP contribution is 2.48. The first kappa shape index (κ1) is 18.8. The van der Waals surface area contributed by atoms with Crippen molar-refractivity contribution in [3.8, 4) is 0 Å². The molecule has 124 valence electrons. The van der Waals surface area contributed by atoms with E-state index in [2.05, 4.69) is 5.32 Å². The summed E-state index contributed by atoms with van der Waals surface area (Å²) in [7, 11) is 0. The molecule has 0 radical (unpaired) electrons. The number of hydrogen-bond acceptors (Lipinski definition) is 2. The molecule has 0 heterocycles. The van der Waals surface area contributed by atoms with Crippen molar-refractivity contribution in [3.63, 3.8) is 0 Å². The van der Waals surface area contributed by atoms with Crippen molar-refractivity contribution in [3.05, 3.63) is 35.4 Å². The summed E-state index contributed by atoms with van der Waals surface area (Å²) in [6.07, 6.45) is 2.11. The highest BCUT2D eigenvalue weighted by Gasteiger charge is 2.45. The molecule has 1 fully saturated rings. The first-order chi connectivity index (χ1) is 9.90. The molecule has 1 aromatic rings. The largest absolute Gasteiger partial charge is 0.354 e. The third-order valence-electron chi connectivity index (χ3n) is 4.51. The lowest BCUT2D eigenvalue weighted by molar-refractivity contribution is -0.122. The van der Waals surface area contributed by atoms with Gasteiger partial charge < -0.3 is 11.1 Å². The third-order valence-corrected chi connectivity index (χ3v) is 4.51. The Labute approximate surface area is 136 Å². The molecule has 1 saturated carbocycles. The quantitative estimate of drug-likeness (QED) is 0.841. The van der Waals surface area contributed by atoms with Crippen LogP contribution in [0.25, 0.3) is 0 Å². The topological polar surface area (TPSA) is 55.1 Å². The predicted molar refractivity (Wildman–Crippen MR) is 85.0 cm³/mol. The lowest BCUT2D eigenvalue weighted by Crippen LogP contribution is -2.49. The second-order valence-corrected chi connectivity index (χ2v) is 5.90. The number of carbonyl (C=O) groups is 1. The molecule has 2 rings (SSSR count). The fourth-order valence-corrected chi connectivity index (χ4v) is 2.52. The molecular formula is C16H23ClF2N2O. The number of hydrogen-bond donors (Lipinski definition) is 2. The standard InChI is InChI=1S/C16H22F2N2O.ClH/c1-3-16(19,4-2)9-20-15(21)13-8-11(13)12-7-10(17)5-6-14(12)18;/h5-7,11,13H,3-4,8-9,19H2,1-2H3,(H,20,21);1H. The van der Waals surface area contributed by atoms with E-state index in [1.165, 1.54) is 6.07 Å². The predicted octanol–water partition coefficient (Wildman–Crippen LogP) is 3.12. The molecular weight excluding hydrogens is 310 g/mol. The second-order valence-electron chi connectivity index (χ2n) is 5.90. The van der Waals surface area contributed by atoms with Crippen LogP contribution in [-0.2, 0) is 4.79 Å². The Bertz CT molecular complexity index is 535. The number of nitrogens with one attached hydrogen (secondary N) is 1. The van der Waals surface area contributed by atoms with Crippen molar-refractivity contribution in [1.82, 2.24) is 5.32 Å². The van der Waals surface area contributed by atoms with Gasteiger partial charge >= 0.3 is 0 Å². The van der Waals surface area contributed by atoms with Crippen LogP contribution < -0.4 is 11.1 Å². The minimum atomic E-state index is -0.476. The van der Waals surface area contributed by atoms with E-state index >= 15 is 0 Å². The highest BCUT2D eigenvalue weighted by molar-refractivity contribution is 5.85. The maximum atomic E-state index is 13.7. The van der Waals surface area contributed by atoms with Gasteiger partial charge in [0.1, 0.15) is 11.6 Å². The molecule has 0 bridgehead atoms. The second kappa shape index (κ2) is 7.38. The first-order valence-corrected chi connectivity index (χ1v) is 7.41. The summed E-state index contributed by atoms with van der Waals surface area (Å²) in [5.41, 5.74) is 6.02. The molecule has 2 unspecified atom stereocenters. The number of nitrogens with two attached hydrogens (primary N) is 1. The van der Waals surface area contributed by atoms with E-state index in [1.807, 2.05) is 13.8 Å². The molecule has 0 aliphatic heterocycles. The monoisotopic (exact) mass is 332 g/mol. The van der Waals surface area contributed by atoms with E-state index in [4.69, 9.17) is 5.73 Å². The van der Waals surface area contributed by atoms with E-state index in [0.717, 1.165) is 25.0 Å². The third kappa shape index (κ3) is 4.17. The Balaban J connectivity index is 0.00000242. The summed E-state index contributed by atoms with van der Waals surface area (Å²) >= 11 is 0. The SMILES string of the molecule is CCC(N)(CC)CNC(=O)C1CC1c1cc(F)ccc1F.Cl. The van der Waals surface area contributed by atoms with E-state index in [0.29, 0.717) is 18.5 Å². The zero-order valence-electron chi connectivity index (χ0n) is 12.9. The van der Waals surface area contributed by atoms with Crippen LogP contribution in [-0.4, -0.2) is 18.0 Å². The highest BCUT2D eigenvalue weighted by atomic mass is 35.5. The summed E-state index contributed by atoms with van der Waals surface area (Å²) in [6.45, 7) is 4.38. The summed E-state index contributed by atoms with van der Waals surface area (Å²) in [6, 6.07) is 3.37. The Kier molecular flexibility index (Phi) is 6.32. The normalized spacial score (nSPS) is 20.2. The minimum Gasteiger partial charge on any atom is -0.354 e. The molecule has 1 aliphatic rings. The number of halogens is 3. The molecule has 1 aliphatic carbocycles. The van der Waals surface area contributed by atoms with Crippen molar-refractivity contribution >= 4 is 18.3 Å². The van der Waals surface area contributed by atoms with Crippen LogP contribution >= 0.6 is 12.4 Å². The van der Waals surface area contributed by atoms with Crippen LogP contribution in [0.15, 0.2) is 18.2 Å². The van der Waals surface area contributed by atoms with Crippen molar-refractivity contribution in [2.45, 2.75) is 44.6 Å². The fourth-order valence-electron chi connectivity index (χ4n) is 2.52. The average Bonchev–Trinajstić information content (AvgIpc) is 3.27. The molecule has 1 aromatic carbocycles. The van der Waals surface area contributed by atoms with Crippen LogP contribution in [0, 0.1) is 17.6 Å². The van der Waals surface area contributed by atoms with Crippen LogP contribution in [0.5, 0.6) is 0 Å². The van der Waals surface area contributed by atoms with Crippen molar-refractivity contribution < 1.29 is 13.6 Å². The zero-order chi connectivity index (χ0) is 15.6. The minimum absolute atomic E-state index is 0. The summed E-state index contributed by atoms with van der Waals surface area (Å²) in [4.78, 5) is 12.1. The van der Waals surface area contributed by atoms with Gasteiger partial charge in [0.25, 0.3) is 0 Å². The van der Waals surface area contributed by atoms with Crippen LogP contribution in [0.4, 0.5) is 8.78 Å². The number of benzene rings is 1. The Hall–Kier alpha value is -1.20. The fraction of sp³-hybridized carbons (Fsp3) is 0.562. The smallest absolute Gasteiger partial charge is 0.223 e. The maximum absolute atomic E-state index is 13.7. The maximum Gasteiger partial charge on any atom is 0.223 e. The molecule has 1 amide bonds. The lowest BCUT2D eigenvalue weighted by Gasteiger charge is -2.26. The van der Waals surface area contributed by atoms with Gasteiger partial charge in [-0.3, -0.25) is 4.79 Å². The van der Waals surface area contributed by atoms with E-state index in [-0.39, 0.29) is 30.2 Å². The molecule has 3 N–H and O–H groups in total. The molecule has 3 nitrogen and oxygen atoms in total. The lowest BCUT2D eigenvalue weighted by atomic mass is 9.94. The van der Waals surface area contributed by atoms with Gasteiger partial charge in [0.05, 0.1) is 0 Å². The number of rotatable bonds is 6. The molecule has 22 heavy (non-hydrogen) atoms. The summed E-state index contributed by atoms with van der Waals surface area (Å²) in [5.74, 6) is -1.56. The van der Waals surface area contributed by atoms with Gasteiger partial charge in [-0.05, 0) is 48.9 Å². The van der Waals surface area contributed by atoms with Gasteiger partial charge in [0, 0.05) is 18.0 Å². The van der Waals surface area contributed by atoms with Gasteiger partial charge in [-0.15, -0.1) is 12.4 Å². The van der Waals surface area contributed by atoms with Crippen molar-refractivity contribution in [2.75, 3.05) is 6.54 Å². The zero-order valence-corrected chi connectivity index (χ0v) is 13.7. The van der Waals surface area contributed by atoms with Crippen molar-refractivity contribution in [1.29, 1.82) is 0 Å². The average molecular weight is 333 g/mol. The van der Waals surface area contributed by atoms with E-state index in [1.54, 1.807) is 0 Å². The molecule has 0 aromatic heterocycles. The first-order valence-electron chi connectivity index (χ1n) is 7.41. The van der Waals surface area contributed by atoms with Crippen LogP contribution in [0.3, 0.4) is 0 Å². The number of carbonyl (C=O) groups excluding carboxylic acids is 1. The number of amides is 1. The summed E-state index contributed by atoms with van der Waals surface area (Å²) < 4.78 is 26.8. The Morgan fingerprint density at radius 1 is 1.36 bits per heavy atom. The molecule has 2 atom stereocenters. The Morgan fingerprint density at radius 2 is 2.00 bits per heavy atom. The van der Waals surface area contributed by atoms with Gasteiger partial charge in [-0.25, -0.2) is 8.78 Å². The van der Waals surface area contributed by atoms with Crippen molar-refractivity contribution in [2.24, 2.45) is 11.7 Å². The Morgan fingerprint density at radius 3 is 2.59 bits per heavy atom. The van der Waals surface area contributed by atoms with Crippen LogP contribution in [0.2, 0.25) is 0 Å². The van der Waals surface area contributed by atoms with E-state index in [9.17, 15) is 13.6 Å². The summed E-state index contributed by atoms with van der Waals surface area (Å²) in [5, 5.41) is 2.84. The van der Waals surface area contributed by atoms with Gasteiger partial charge in [-0.2, -0.15) is 0 Å². The van der Waals surface area contributed by atoms with Crippen LogP contribution in [0.1, 0.15) is 44.6 Å². The van der Waals surface area contributed by atoms with E-state index < -0.39 is 17.2 Å². The van der Waals surface area contributed by atoms with Gasteiger partial charge in [0.15, 0.2) is 0 Å². The molecule has 0 spiro atoms.